The molecule has 8 nitrogen and oxygen atoms in total. The van der Waals surface area contributed by atoms with Crippen LogP contribution in [0.5, 0.6) is 0 Å². The number of carbonyl (C=O) groups excluding carboxylic acids is 2. The third-order valence-corrected chi connectivity index (χ3v) is 6.69. The first kappa shape index (κ1) is 21.5. The van der Waals surface area contributed by atoms with E-state index in [9.17, 15) is 9.59 Å². The summed E-state index contributed by atoms with van der Waals surface area (Å²) in [5.41, 5.74) is 9.01. The van der Waals surface area contributed by atoms with Gasteiger partial charge in [-0.15, -0.1) is 0 Å². The Morgan fingerprint density at radius 2 is 1.88 bits per heavy atom. The Hall–Kier alpha value is -3.39. The van der Waals surface area contributed by atoms with Crippen LogP contribution in [0.3, 0.4) is 0 Å². The summed E-state index contributed by atoms with van der Waals surface area (Å²) in [4.78, 5) is 33.4. The van der Waals surface area contributed by atoms with Crippen LogP contribution in [0.1, 0.15) is 31.2 Å². The molecule has 1 aromatic heterocycles. The highest BCUT2D eigenvalue weighted by Gasteiger charge is 2.29. The fraction of sp³-hybridized carbons (Fsp3) is 0.400. The second-order valence-corrected chi connectivity index (χ2v) is 8.95. The molecule has 3 heterocycles. The number of oxazole rings is 1. The van der Waals surface area contributed by atoms with Crippen LogP contribution in [0.2, 0.25) is 0 Å². The van der Waals surface area contributed by atoms with Crippen molar-refractivity contribution in [2.24, 2.45) is 11.7 Å². The van der Waals surface area contributed by atoms with Crippen LogP contribution in [-0.2, 0) is 16.1 Å². The minimum Gasteiger partial charge on any atom is -0.423 e. The lowest BCUT2D eigenvalue weighted by atomic mass is 9.96. The second-order valence-electron chi connectivity index (χ2n) is 8.95. The van der Waals surface area contributed by atoms with E-state index in [1.54, 1.807) is 0 Å². The summed E-state index contributed by atoms with van der Waals surface area (Å²) in [6.45, 7) is 2.98. The van der Waals surface area contributed by atoms with Crippen molar-refractivity contribution >= 4 is 34.6 Å². The third kappa shape index (κ3) is 4.71. The third-order valence-electron chi connectivity index (χ3n) is 6.69. The molecule has 8 heteroatoms. The molecular formula is C25H29N5O3. The van der Waals surface area contributed by atoms with Gasteiger partial charge in [-0.05, 0) is 62.1 Å². The molecule has 33 heavy (non-hydrogen) atoms. The first-order chi connectivity index (χ1) is 16.1. The minimum absolute atomic E-state index is 0.0422. The molecule has 3 aromatic rings. The van der Waals surface area contributed by atoms with Crippen LogP contribution in [0.25, 0.3) is 11.1 Å². The van der Waals surface area contributed by atoms with Gasteiger partial charge in [0, 0.05) is 31.2 Å². The molecule has 0 saturated carbocycles. The van der Waals surface area contributed by atoms with Crippen molar-refractivity contribution in [3.05, 3.63) is 54.1 Å². The molecule has 2 saturated heterocycles. The van der Waals surface area contributed by atoms with E-state index in [1.165, 1.54) is 0 Å². The maximum atomic E-state index is 12.9. The van der Waals surface area contributed by atoms with E-state index in [2.05, 4.69) is 20.1 Å². The molecule has 2 aliphatic rings. The standard InChI is InChI=1S/C25H29N5O3/c26-23(31)21-8-4-12-30(21)16-17-5-3-6-19(15-17)27-24(32)18-10-13-29(14-11-18)25-28-20-7-1-2-9-22(20)33-25/h1-3,5-7,9,15,18,21H,4,8,10-14,16H2,(H2,26,31)(H,27,32). The van der Waals surface area contributed by atoms with Crippen LogP contribution in [-0.4, -0.2) is 47.4 Å². The minimum atomic E-state index is -0.263. The number of amides is 2. The summed E-state index contributed by atoms with van der Waals surface area (Å²) >= 11 is 0. The lowest BCUT2D eigenvalue weighted by molar-refractivity contribution is -0.122. The predicted molar refractivity (Wildman–Crippen MR) is 127 cm³/mol. The molecule has 1 unspecified atom stereocenters. The van der Waals surface area contributed by atoms with Gasteiger partial charge in [0.2, 0.25) is 11.8 Å². The SMILES string of the molecule is NC(=O)C1CCCN1Cc1cccc(NC(=O)C2CCN(c3nc4ccccc4o3)CC2)c1. The maximum Gasteiger partial charge on any atom is 0.298 e. The van der Waals surface area contributed by atoms with E-state index in [4.69, 9.17) is 10.2 Å². The van der Waals surface area contributed by atoms with Crippen molar-refractivity contribution < 1.29 is 14.0 Å². The van der Waals surface area contributed by atoms with Gasteiger partial charge < -0.3 is 20.4 Å². The lowest BCUT2D eigenvalue weighted by Gasteiger charge is -2.30. The topological polar surface area (TPSA) is 105 Å². The van der Waals surface area contributed by atoms with Gasteiger partial charge in [-0.3, -0.25) is 14.5 Å². The summed E-state index contributed by atoms with van der Waals surface area (Å²) in [7, 11) is 0. The van der Waals surface area contributed by atoms with Gasteiger partial charge in [0.15, 0.2) is 5.58 Å². The molecule has 3 N–H and O–H groups in total. The molecule has 0 bridgehead atoms. The number of nitrogens with zero attached hydrogens (tertiary/aromatic N) is 3. The van der Waals surface area contributed by atoms with E-state index in [-0.39, 0.29) is 23.8 Å². The van der Waals surface area contributed by atoms with Crippen LogP contribution < -0.4 is 16.0 Å². The smallest absolute Gasteiger partial charge is 0.298 e. The number of carbonyl (C=O) groups is 2. The fourth-order valence-corrected chi connectivity index (χ4v) is 4.89. The molecule has 2 aliphatic heterocycles. The number of benzene rings is 2. The van der Waals surface area contributed by atoms with Crippen LogP contribution in [0, 0.1) is 5.92 Å². The van der Waals surface area contributed by atoms with Crippen molar-refractivity contribution in [1.82, 2.24) is 9.88 Å². The summed E-state index contributed by atoms with van der Waals surface area (Å²) in [6.07, 6.45) is 3.29. The number of primary amides is 1. The number of fused-ring (bicyclic) bond motifs is 1. The first-order valence-electron chi connectivity index (χ1n) is 11.6. The van der Waals surface area contributed by atoms with Crippen molar-refractivity contribution in [3.8, 4) is 0 Å². The van der Waals surface area contributed by atoms with Crippen molar-refractivity contribution in [2.45, 2.75) is 38.3 Å². The Kier molecular flexibility index (Phi) is 6.00. The molecule has 2 fully saturated rings. The van der Waals surface area contributed by atoms with E-state index >= 15 is 0 Å². The van der Waals surface area contributed by atoms with Crippen molar-refractivity contribution in [1.29, 1.82) is 0 Å². The van der Waals surface area contributed by atoms with E-state index in [1.807, 2.05) is 48.5 Å². The summed E-state index contributed by atoms with van der Waals surface area (Å²) < 4.78 is 5.87. The molecule has 2 amide bonds. The molecule has 0 radical (unpaired) electrons. The van der Waals surface area contributed by atoms with Crippen LogP contribution >= 0.6 is 0 Å². The zero-order valence-electron chi connectivity index (χ0n) is 18.6. The summed E-state index contributed by atoms with van der Waals surface area (Å²) in [6, 6.07) is 16.0. The quantitative estimate of drug-likeness (QED) is 0.602. The predicted octanol–water partition coefficient (Wildman–Crippen LogP) is 3.13. The van der Waals surface area contributed by atoms with Gasteiger partial charge in [-0.1, -0.05) is 24.3 Å². The average molecular weight is 448 g/mol. The van der Waals surface area contributed by atoms with E-state index < -0.39 is 0 Å². The number of hydrogen-bond donors (Lipinski definition) is 2. The highest BCUT2D eigenvalue weighted by atomic mass is 16.4. The Balaban J connectivity index is 1.17. The highest BCUT2D eigenvalue weighted by Crippen LogP contribution is 2.27. The lowest BCUT2D eigenvalue weighted by Crippen LogP contribution is -2.39. The summed E-state index contributed by atoms with van der Waals surface area (Å²) in [5, 5.41) is 3.08. The highest BCUT2D eigenvalue weighted by molar-refractivity contribution is 5.92. The van der Waals surface area contributed by atoms with Crippen molar-refractivity contribution in [2.75, 3.05) is 29.9 Å². The van der Waals surface area contributed by atoms with Gasteiger partial charge in [0.1, 0.15) is 5.52 Å². The number of likely N-dealkylation sites (tertiary alicyclic amines) is 1. The fourth-order valence-electron chi connectivity index (χ4n) is 4.89. The van der Waals surface area contributed by atoms with Crippen LogP contribution in [0.4, 0.5) is 11.7 Å². The van der Waals surface area contributed by atoms with Crippen LogP contribution in [0.15, 0.2) is 52.9 Å². The molecular weight excluding hydrogens is 418 g/mol. The van der Waals surface area contributed by atoms with Gasteiger partial charge in [0.05, 0.1) is 6.04 Å². The number of aromatic nitrogens is 1. The Morgan fingerprint density at radius 1 is 1.06 bits per heavy atom. The molecule has 2 aromatic carbocycles. The number of nitrogens with one attached hydrogen (secondary N) is 1. The van der Waals surface area contributed by atoms with Gasteiger partial charge >= 0.3 is 0 Å². The second kappa shape index (κ2) is 9.23. The number of piperidine rings is 1. The summed E-state index contributed by atoms with van der Waals surface area (Å²) in [5.74, 6) is -0.270. The Labute approximate surface area is 192 Å². The molecule has 1 atom stereocenters. The number of rotatable bonds is 6. The monoisotopic (exact) mass is 447 g/mol. The number of hydrogen-bond acceptors (Lipinski definition) is 6. The van der Waals surface area contributed by atoms with Gasteiger partial charge in [-0.25, -0.2) is 0 Å². The van der Waals surface area contributed by atoms with Gasteiger partial charge in [-0.2, -0.15) is 4.98 Å². The largest absolute Gasteiger partial charge is 0.423 e. The maximum absolute atomic E-state index is 12.9. The molecule has 5 rings (SSSR count). The first-order valence-corrected chi connectivity index (χ1v) is 11.6. The van der Waals surface area contributed by atoms with Gasteiger partial charge in [0.25, 0.3) is 6.01 Å². The Morgan fingerprint density at radius 3 is 2.67 bits per heavy atom. The van der Waals surface area contributed by atoms with E-state index in [0.717, 1.165) is 67.7 Å². The Bertz CT molecular complexity index is 1120. The number of para-hydroxylation sites is 2. The number of nitrogens with two attached hydrogens (primary N) is 1. The number of anilines is 2. The molecule has 0 aliphatic carbocycles. The normalized spacial score (nSPS) is 19.8. The molecule has 0 spiro atoms. The van der Waals surface area contributed by atoms with E-state index in [0.29, 0.717) is 12.6 Å². The molecule has 172 valence electrons. The zero-order valence-corrected chi connectivity index (χ0v) is 18.6. The van der Waals surface area contributed by atoms with Crippen molar-refractivity contribution in [3.63, 3.8) is 0 Å². The zero-order chi connectivity index (χ0) is 22.8. The average Bonchev–Trinajstić information content (AvgIpc) is 3.46.